The second-order valence-electron chi connectivity index (χ2n) is 6.22. The monoisotopic (exact) mass is 335 g/mol. The molecule has 1 saturated carbocycles. The molecule has 0 spiro atoms. The summed E-state index contributed by atoms with van der Waals surface area (Å²) >= 11 is 5.94. The molecule has 3 rings (SSSR count). The Morgan fingerprint density at radius 1 is 1.04 bits per heavy atom. The molecule has 1 aromatic carbocycles. The highest BCUT2D eigenvalue weighted by atomic mass is 35.5. The number of carbonyl (C=O) groups is 2. The smallest absolute Gasteiger partial charge is 0.317 e. The lowest BCUT2D eigenvalue weighted by atomic mass is 10.2. The number of hydrogen-bond acceptors (Lipinski definition) is 2. The van der Waals surface area contributed by atoms with E-state index < -0.39 is 0 Å². The van der Waals surface area contributed by atoms with Crippen LogP contribution in [0.5, 0.6) is 0 Å². The average molecular weight is 336 g/mol. The van der Waals surface area contributed by atoms with Gasteiger partial charge in [0.2, 0.25) is 0 Å². The van der Waals surface area contributed by atoms with E-state index in [-0.39, 0.29) is 11.9 Å². The van der Waals surface area contributed by atoms with Crippen LogP contribution in [-0.2, 0) is 0 Å². The van der Waals surface area contributed by atoms with Gasteiger partial charge in [0.05, 0.1) is 0 Å². The molecular formula is C17H22ClN3O2. The summed E-state index contributed by atoms with van der Waals surface area (Å²) in [6, 6.07) is 7.32. The van der Waals surface area contributed by atoms with Crippen molar-refractivity contribution in [2.75, 3.05) is 26.2 Å². The number of halogens is 1. The van der Waals surface area contributed by atoms with Crippen LogP contribution >= 0.6 is 11.6 Å². The second kappa shape index (κ2) is 7.21. The van der Waals surface area contributed by atoms with Crippen molar-refractivity contribution in [1.29, 1.82) is 0 Å². The molecule has 124 valence electrons. The summed E-state index contributed by atoms with van der Waals surface area (Å²) in [5, 5.41) is 3.66. The highest BCUT2D eigenvalue weighted by Crippen LogP contribution is 2.18. The topological polar surface area (TPSA) is 52.7 Å². The Morgan fingerprint density at radius 3 is 2.35 bits per heavy atom. The van der Waals surface area contributed by atoms with Gasteiger partial charge in [0.25, 0.3) is 5.91 Å². The van der Waals surface area contributed by atoms with Crippen molar-refractivity contribution in [3.05, 3.63) is 34.9 Å². The fraction of sp³-hybridized carbons (Fsp3) is 0.529. The third kappa shape index (κ3) is 3.96. The first-order valence-corrected chi connectivity index (χ1v) is 8.61. The predicted octanol–water partition coefficient (Wildman–Crippen LogP) is 2.75. The van der Waals surface area contributed by atoms with Gasteiger partial charge < -0.3 is 15.1 Å². The molecule has 1 aliphatic heterocycles. The Kier molecular flexibility index (Phi) is 5.06. The molecule has 1 aromatic rings. The molecule has 1 heterocycles. The van der Waals surface area contributed by atoms with E-state index >= 15 is 0 Å². The van der Waals surface area contributed by atoms with E-state index in [1.807, 2.05) is 0 Å². The maximum Gasteiger partial charge on any atom is 0.317 e. The molecule has 1 aliphatic carbocycles. The van der Waals surface area contributed by atoms with Gasteiger partial charge in [0, 0.05) is 42.8 Å². The van der Waals surface area contributed by atoms with Crippen LogP contribution in [0.1, 0.15) is 36.0 Å². The molecule has 2 aliphatic rings. The van der Waals surface area contributed by atoms with Crippen molar-refractivity contribution >= 4 is 23.5 Å². The van der Waals surface area contributed by atoms with Crippen molar-refractivity contribution in [2.24, 2.45) is 0 Å². The molecule has 1 N–H and O–H groups in total. The molecular weight excluding hydrogens is 314 g/mol. The van der Waals surface area contributed by atoms with Gasteiger partial charge in [-0.05, 0) is 31.0 Å². The van der Waals surface area contributed by atoms with Gasteiger partial charge in [-0.1, -0.05) is 30.5 Å². The second-order valence-corrected chi connectivity index (χ2v) is 6.66. The Bertz CT molecular complexity index is 579. The minimum atomic E-state index is -0.0247. The number of nitrogens with zero attached hydrogens (tertiary/aromatic N) is 2. The number of benzene rings is 1. The highest BCUT2D eigenvalue weighted by molar-refractivity contribution is 6.30. The lowest BCUT2D eigenvalue weighted by molar-refractivity contribution is 0.0663. The number of carbonyl (C=O) groups excluding carboxylic acids is 2. The molecule has 0 bridgehead atoms. The van der Waals surface area contributed by atoms with Crippen molar-refractivity contribution in [3.8, 4) is 0 Å². The van der Waals surface area contributed by atoms with Crippen molar-refractivity contribution < 1.29 is 9.59 Å². The predicted molar refractivity (Wildman–Crippen MR) is 89.7 cm³/mol. The van der Waals surface area contributed by atoms with E-state index in [1.54, 1.807) is 34.1 Å². The lowest BCUT2D eigenvalue weighted by Gasteiger charge is -2.35. The van der Waals surface area contributed by atoms with Gasteiger partial charge in [0.1, 0.15) is 0 Å². The summed E-state index contributed by atoms with van der Waals surface area (Å²) in [7, 11) is 0. The summed E-state index contributed by atoms with van der Waals surface area (Å²) in [5.41, 5.74) is 0.598. The Balaban J connectivity index is 1.51. The van der Waals surface area contributed by atoms with E-state index in [1.165, 1.54) is 12.8 Å². The Morgan fingerprint density at radius 2 is 1.70 bits per heavy atom. The normalized spacial score (nSPS) is 19.0. The fourth-order valence-corrected chi connectivity index (χ4v) is 3.44. The molecule has 2 fully saturated rings. The standard InChI is InChI=1S/C17H22ClN3O2/c18-14-5-3-4-13(12-14)16(22)20-8-10-21(11-9-20)17(23)19-15-6-1-2-7-15/h3-5,12,15H,1-2,6-11H2,(H,19,23). The summed E-state index contributed by atoms with van der Waals surface area (Å²) in [4.78, 5) is 28.3. The van der Waals surface area contributed by atoms with E-state index in [2.05, 4.69) is 5.32 Å². The zero-order valence-electron chi connectivity index (χ0n) is 13.1. The van der Waals surface area contributed by atoms with Crippen molar-refractivity contribution in [1.82, 2.24) is 15.1 Å². The van der Waals surface area contributed by atoms with E-state index in [0.29, 0.717) is 42.8 Å². The first-order valence-electron chi connectivity index (χ1n) is 8.24. The molecule has 5 nitrogen and oxygen atoms in total. The van der Waals surface area contributed by atoms with Crippen LogP contribution in [0, 0.1) is 0 Å². The van der Waals surface area contributed by atoms with Crippen LogP contribution < -0.4 is 5.32 Å². The quantitative estimate of drug-likeness (QED) is 0.903. The first-order chi connectivity index (χ1) is 11.1. The fourth-order valence-electron chi connectivity index (χ4n) is 3.25. The average Bonchev–Trinajstić information content (AvgIpc) is 3.07. The van der Waals surface area contributed by atoms with Gasteiger partial charge >= 0.3 is 6.03 Å². The van der Waals surface area contributed by atoms with Crippen molar-refractivity contribution in [2.45, 2.75) is 31.7 Å². The van der Waals surface area contributed by atoms with Crippen LogP contribution in [0.3, 0.4) is 0 Å². The number of rotatable bonds is 2. The van der Waals surface area contributed by atoms with E-state index in [4.69, 9.17) is 11.6 Å². The van der Waals surface area contributed by atoms with Gasteiger partial charge in [-0.2, -0.15) is 0 Å². The van der Waals surface area contributed by atoms with E-state index in [0.717, 1.165) is 12.8 Å². The number of amides is 3. The number of piperazine rings is 1. The largest absolute Gasteiger partial charge is 0.335 e. The maximum absolute atomic E-state index is 12.5. The highest BCUT2D eigenvalue weighted by Gasteiger charge is 2.26. The molecule has 6 heteroatoms. The summed E-state index contributed by atoms with van der Waals surface area (Å²) in [6.07, 6.45) is 4.57. The minimum Gasteiger partial charge on any atom is -0.335 e. The lowest BCUT2D eigenvalue weighted by Crippen LogP contribution is -2.54. The molecule has 0 aromatic heterocycles. The van der Waals surface area contributed by atoms with Crippen LogP contribution in [0.4, 0.5) is 4.79 Å². The maximum atomic E-state index is 12.5. The Hall–Kier alpha value is -1.75. The van der Waals surface area contributed by atoms with E-state index in [9.17, 15) is 9.59 Å². The third-order valence-electron chi connectivity index (χ3n) is 4.61. The molecule has 3 amide bonds. The third-order valence-corrected chi connectivity index (χ3v) is 4.84. The summed E-state index contributed by atoms with van der Waals surface area (Å²) in [5.74, 6) is -0.0247. The molecule has 23 heavy (non-hydrogen) atoms. The zero-order chi connectivity index (χ0) is 16.2. The SMILES string of the molecule is O=C(NC1CCCC1)N1CCN(C(=O)c2cccc(Cl)c2)CC1. The van der Waals surface area contributed by atoms with Crippen LogP contribution in [0.2, 0.25) is 5.02 Å². The number of hydrogen-bond donors (Lipinski definition) is 1. The van der Waals surface area contributed by atoms with Crippen molar-refractivity contribution in [3.63, 3.8) is 0 Å². The van der Waals surface area contributed by atoms with Crippen LogP contribution in [-0.4, -0.2) is 54.0 Å². The number of urea groups is 1. The van der Waals surface area contributed by atoms with Gasteiger partial charge in [-0.3, -0.25) is 4.79 Å². The summed E-state index contributed by atoms with van der Waals surface area (Å²) in [6.45, 7) is 2.27. The molecule has 0 atom stereocenters. The van der Waals surface area contributed by atoms with Gasteiger partial charge in [-0.15, -0.1) is 0 Å². The molecule has 0 radical (unpaired) electrons. The molecule has 1 saturated heterocycles. The van der Waals surface area contributed by atoms with Crippen LogP contribution in [0.25, 0.3) is 0 Å². The molecule has 0 unspecified atom stereocenters. The Labute approximate surface area is 141 Å². The first kappa shape index (κ1) is 16.1. The van der Waals surface area contributed by atoms with Gasteiger partial charge in [0.15, 0.2) is 0 Å². The zero-order valence-corrected chi connectivity index (χ0v) is 13.9. The summed E-state index contributed by atoms with van der Waals surface area (Å²) < 4.78 is 0. The minimum absolute atomic E-state index is 0.00625. The van der Waals surface area contributed by atoms with Crippen LogP contribution in [0.15, 0.2) is 24.3 Å². The number of nitrogens with one attached hydrogen (secondary N) is 1. The van der Waals surface area contributed by atoms with Gasteiger partial charge in [-0.25, -0.2) is 4.79 Å².